The van der Waals surface area contributed by atoms with Gasteiger partial charge >= 0.3 is 0 Å². The van der Waals surface area contributed by atoms with Crippen molar-refractivity contribution >= 4 is 22.0 Å². The molecule has 1 amide bonds. The largest absolute Gasteiger partial charge is 0.493 e. The number of benzene rings is 2. The quantitative estimate of drug-likeness (QED) is 0.570. The molecule has 11 heteroatoms. The number of sulfonamides is 1. The number of nitrogens with zero attached hydrogens (tertiary/aromatic N) is 2. The maximum Gasteiger partial charge on any atom is 0.246 e. The van der Waals surface area contributed by atoms with Crippen LogP contribution in [0, 0.1) is 0 Å². The summed E-state index contributed by atoms with van der Waals surface area (Å²) < 4.78 is 55.2. The van der Waals surface area contributed by atoms with E-state index in [1.165, 1.54) is 22.5 Å². The van der Waals surface area contributed by atoms with Gasteiger partial charge in [0.2, 0.25) is 21.7 Å². The predicted molar refractivity (Wildman–Crippen MR) is 126 cm³/mol. The molecule has 0 N–H and O–H groups in total. The first-order chi connectivity index (χ1) is 17.0. The first-order valence-electron chi connectivity index (χ1n) is 11.3. The van der Waals surface area contributed by atoms with E-state index in [2.05, 4.69) is 0 Å². The molecule has 0 bridgehead atoms. The average Bonchev–Trinajstić information content (AvgIpc) is 2.91. The van der Waals surface area contributed by atoms with E-state index in [-0.39, 0.29) is 37.0 Å². The van der Waals surface area contributed by atoms with E-state index in [0.717, 1.165) is 5.56 Å². The Morgan fingerprint density at radius 2 is 1.57 bits per heavy atom. The van der Waals surface area contributed by atoms with Gasteiger partial charge in [0.25, 0.3) is 0 Å². The SMILES string of the molecule is COc1cc(/C=C/C(=O)N2CCN(S(=O)(=O)c3ccc4c(c3)OCCO4)CC2)cc2c1OCCO2. The second kappa shape index (κ2) is 9.67. The molecule has 1 fully saturated rings. The third-order valence-electron chi connectivity index (χ3n) is 5.97. The van der Waals surface area contributed by atoms with E-state index in [1.54, 1.807) is 36.3 Å². The summed E-state index contributed by atoms with van der Waals surface area (Å²) in [4.78, 5) is 14.5. The highest BCUT2D eigenvalue weighted by Gasteiger charge is 2.30. The number of hydrogen-bond acceptors (Lipinski definition) is 8. The molecule has 0 spiro atoms. The smallest absolute Gasteiger partial charge is 0.246 e. The van der Waals surface area contributed by atoms with Crippen molar-refractivity contribution in [2.24, 2.45) is 0 Å². The summed E-state index contributed by atoms with van der Waals surface area (Å²) in [5.41, 5.74) is 0.735. The van der Waals surface area contributed by atoms with Crippen LogP contribution >= 0.6 is 0 Å². The summed E-state index contributed by atoms with van der Waals surface area (Å²) in [7, 11) is -2.17. The number of carbonyl (C=O) groups excluding carboxylic acids is 1. The van der Waals surface area contributed by atoms with E-state index in [1.807, 2.05) is 0 Å². The lowest BCUT2D eigenvalue weighted by molar-refractivity contribution is -0.127. The molecule has 2 aromatic carbocycles. The van der Waals surface area contributed by atoms with Gasteiger partial charge in [0, 0.05) is 38.3 Å². The fourth-order valence-corrected chi connectivity index (χ4v) is 5.58. The molecule has 35 heavy (non-hydrogen) atoms. The van der Waals surface area contributed by atoms with Crippen molar-refractivity contribution in [2.75, 3.05) is 59.7 Å². The van der Waals surface area contributed by atoms with E-state index in [4.69, 9.17) is 23.7 Å². The molecule has 0 aromatic heterocycles. The Hall–Kier alpha value is -3.44. The lowest BCUT2D eigenvalue weighted by atomic mass is 10.1. The number of amides is 1. The molecule has 0 unspecified atom stereocenters. The van der Waals surface area contributed by atoms with E-state index in [0.29, 0.717) is 55.2 Å². The summed E-state index contributed by atoms with van der Waals surface area (Å²) >= 11 is 0. The van der Waals surface area contributed by atoms with Crippen molar-refractivity contribution in [3.8, 4) is 28.7 Å². The number of rotatable bonds is 5. The zero-order chi connectivity index (χ0) is 24.4. The molecule has 2 aromatic rings. The number of methoxy groups -OCH3 is 1. The first kappa shape index (κ1) is 23.3. The third kappa shape index (κ3) is 4.73. The van der Waals surface area contributed by atoms with Crippen LogP contribution in [0.1, 0.15) is 5.56 Å². The Kier molecular flexibility index (Phi) is 6.44. The fourth-order valence-electron chi connectivity index (χ4n) is 4.14. The molecule has 10 nitrogen and oxygen atoms in total. The van der Waals surface area contributed by atoms with E-state index < -0.39 is 10.0 Å². The molecule has 1 saturated heterocycles. The Bertz CT molecular complexity index is 1240. The molecular weight excluding hydrogens is 476 g/mol. The molecular formula is C24H26N2O8S. The molecule has 0 saturated carbocycles. The average molecular weight is 503 g/mol. The Morgan fingerprint density at radius 1 is 0.886 bits per heavy atom. The van der Waals surface area contributed by atoms with Gasteiger partial charge in [-0.05, 0) is 35.9 Å². The van der Waals surface area contributed by atoms with Crippen LogP contribution in [0.4, 0.5) is 0 Å². The van der Waals surface area contributed by atoms with Crippen LogP contribution in [0.3, 0.4) is 0 Å². The molecule has 186 valence electrons. The number of carbonyl (C=O) groups is 1. The molecule has 3 aliphatic heterocycles. The lowest BCUT2D eigenvalue weighted by Gasteiger charge is -2.33. The molecule has 0 radical (unpaired) electrons. The minimum atomic E-state index is -3.71. The monoisotopic (exact) mass is 502 g/mol. The van der Waals surface area contributed by atoms with Crippen LogP contribution in [0.5, 0.6) is 28.7 Å². The molecule has 3 heterocycles. The maximum absolute atomic E-state index is 13.1. The summed E-state index contributed by atoms with van der Waals surface area (Å²) in [5.74, 6) is 2.42. The van der Waals surface area contributed by atoms with Crippen LogP contribution in [0.15, 0.2) is 41.3 Å². The first-order valence-corrected chi connectivity index (χ1v) is 12.7. The van der Waals surface area contributed by atoms with Crippen molar-refractivity contribution < 1.29 is 36.9 Å². The number of hydrogen-bond donors (Lipinski definition) is 0. The maximum atomic E-state index is 13.1. The van der Waals surface area contributed by atoms with Gasteiger partial charge in [-0.25, -0.2) is 8.42 Å². The van der Waals surface area contributed by atoms with Crippen LogP contribution in [-0.2, 0) is 14.8 Å². The summed E-state index contributed by atoms with van der Waals surface area (Å²) in [6.07, 6.45) is 3.15. The predicted octanol–water partition coefficient (Wildman–Crippen LogP) is 1.78. The minimum Gasteiger partial charge on any atom is -0.493 e. The van der Waals surface area contributed by atoms with Gasteiger partial charge in [0.1, 0.15) is 26.4 Å². The molecule has 0 aliphatic carbocycles. The van der Waals surface area contributed by atoms with E-state index in [9.17, 15) is 13.2 Å². The van der Waals surface area contributed by atoms with Crippen LogP contribution < -0.4 is 23.7 Å². The van der Waals surface area contributed by atoms with Crippen LogP contribution in [0.25, 0.3) is 6.08 Å². The topological polar surface area (TPSA) is 104 Å². The lowest BCUT2D eigenvalue weighted by Crippen LogP contribution is -2.50. The van der Waals surface area contributed by atoms with Crippen molar-refractivity contribution in [2.45, 2.75) is 4.90 Å². The minimum absolute atomic E-state index is 0.147. The zero-order valence-corrected chi connectivity index (χ0v) is 20.1. The van der Waals surface area contributed by atoms with Crippen molar-refractivity contribution in [1.29, 1.82) is 0 Å². The highest BCUT2D eigenvalue weighted by Crippen LogP contribution is 2.40. The standard InChI is InChI=1S/C24H26N2O8S/c1-30-21-14-17(15-22-24(21)34-13-12-33-22)2-5-23(27)25-6-8-26(9-7-25)35(28,29)18-3-4-19-20(16-18)32-11-10-31-19/h2-5,14-16H,6-13H2,1H3/b5-2+. The number of fused-ring (bicyclic) bond motifs is 2. The molecule has 5 rings (SSSR count). The van der Waals surface area contributed by atoms with Gasteiger partial charge in [-0.15, -0.1) is 0 Å². The second-order valence-corrected chi connectivity index (χ2v) is 10.1. The Morgan fingerprint density at radius 3 is 2.31 bits per heavy atom. The Labute approximate surface area is 203 Å². The van der Waals surface area contributed by atoms with Gasteiger partial charge < -0.3 is 28.6 Å². The van der Waals surface area contributed by atoms with Gasteiger partial charge in [-0.3, -0.25) is 4.79 Å². The van der Waals surface area contributed by atoms with Gasteiger partial charge in [0.15, 0.2) is 23.0 Å². The molecule has 0 atom stereocenters. The highest BCUT2D eigenvalue weighted by atomic mass is 32.2. The summed E-state index contributed by atoms with van der Waals surface area (Å²) in [6, 6.07) is 8.18. The van der Waals surface area contributed by atoms with Crippen LogP contribution in [-0.4, -0.2) is 83.2 Å². The van der Waals surface area contributed by atoms with E-state index >= 15 is 0 Å². The third-order valence-corrected chi connectivity index (χ3v) is 7.87. The summed E-state index contributed by atoms with van der Waals surface area (Å²) in [5, 5.41) is 0. The highest BCUT2D eigenvalue weighted by molar-refractivity contribution is 7.89. The fraction of sp³-hybridized carbons (Fsp3) is 0.375. The van der Waals surface area contributed by atoms with Crippen molar-refractivity contribution in [3.63, 3.8) is 0 Å². The summed E-state index contributed by atoms with van der Waals surface area (Å²) in [6.45, 7) is 2.70. The number of piperazine rings is 1. The van der Waals surface area contributed by atoms with Gasteiger partial charge in [0.05, 0.1) is 12.0 Å². The normalized spacial score (nSPS) is 17.9. The number of ether oxygens (including phenoxy) is 5. The van der Waals surface area contributed by atoms with Crippen LogP contribution in [0.2, 0.25) is 0 Å². The second-order valence-electron chi connectivity index (χ2n) is 8.12. The van der Waals surface area contributed by atoms with Crippen molar-refractivity contribution in [3.05, 3.63) is 42.0 Å². The van der Waals surface area contributed by atoms with Gasteiger partial charge in [-0.1, -0.05) is 0 Å². The Balaban J connectivity index is 1.23. The zero-order valence-electron chi connectivity index (χ0n) is 19.3. The molecule has 3 aliphatic rings. The van der Waals surface area contributed by atoms with Gasteiger partial charge in [-0.2, -0.15) is 4.31 Å². The van der Waals surface area contributed by atoms with Crippen molar-refractivity contribution in [1.82, 2.24) is 9.21 Å².